The van der Waals surface area contributed by atoms with E-state index in [-0.39, 0.29) is 11.9 Å². The first kappa shape index (κ1) is 12.3. The molecular weight excluding hydrogens is 263 g/mol. The molecule has 0 spiro atoms. The van der Waals surface area contributed by atoms with E-state index in [1.165, 1.54) is 16.6 Å². The molecule has 6 heteroatoms. The number of anilines is 2. The number of rotatable bonds is 2. The second-order valence-corrected chi connectivity index (χ2v) is 5.53. The zero-order valence-corrected chi connectivity index (χ0v) is 11.7. The summed E-state index contributed by atoms with van der Waals surface area (Å²) in [6.07, 6.45) is 2.17. The third kappa shape index (κ3) is 2.06. The van der Waals surface area contributed by atoms with E-state index in [1.54, 1.807) is 18.4 Å². The predicted molar refractivity (Wildman–Crippen MR) is 75.3 cm³/mol. The lowest BCUT2D eigenvalue weighted by molar-refractivity contribution is 0.568. The maximum Gasteiger partial charge on any atom is 0.224 e. The highest BCUT2D eigenvalue weighted by Gasteiger charge is 2.27. The standard InChI is InChI=1S/C13H15FN4S/c1-8-9-4-6-19-11(9)3-5-18(8)12-10(14)7-16-13(15-2)17-12/h4,6-8H,3,5H2,1-2H3,(H,15,16,17). The third-order valence-corrected chi connectivity index (χ3v) is 4.50. The highest BCUT2D eigenvalue weighted by molar-refractivity contribution is 7.10. The molecule has 1 aliphatic rings. The van der Waals surface area contributed by atoms with Gasteiger partial charge in [-0.1, -0.05) is 0 Å². The van der Waals surface area contributed by atoms with Crippen LogP contribution in [0.1, 0.15) is 23.4 Å². The van der Waals surface area contributed by atoms with E-state index in [2.05, 4.69) is 33.7 Å². The first-order valence-electron chi connectivity index (χ1n) is 6.24. The molecule has 1 unspecified atom stereocenters. The maximum atomic E-state index is 14.0. The molecule has 3 heterocycles. The lowest BCUT2D eigenvalue weighted by Gasteiger charge is -2.34. The quantitative estimate of drug-likeness (QED) is 0.917. The van der Waals surface area contributed by atoms with Gasteiger partial charge in [-0.3, -0.25) is 0 Å². The molecule has 0 fully saturated rings. The van der Waals surface area contributed by atoms with Crippen LogP contribution >= 0.6 is 11.3 Å². The first-order chi connectivity index (χ1) is 9.20. The molecule has 19 heavy (non-hydrogen) atoms. The first-order valence-corrected chi connectivity index (χ1v) is 7.12. The van der Waals surface area contributed by atoms with Crippen molar-refractivity contribution in [3.8, 4) is 0 Å². The van der Waals surface area contributed by atoms with E-state index in [0.717, 1.165) is 13.0 Å². The fourth-order valence-electron chi connectivity index (χ4n) is 2.48. The summed E-state index contributed by atoms with van der Waals surface area (Å²) in [7, 11) is 1.73. The number of thiophene rings is 1. The van der Waals surface area contributed by atoms with Gasteiger partial charge in [-0.25, -0.2) is 9.37 Å². The highest BCUT2D eigenvalue weighted by Crippen LogP contribution is 2.36. The zero-order chi connectivity index (χ0) is 13.4. The Labute approximate surface area is 115 Å². The van der Waals surface area contributed by atoms with Crippen LogP contribution in [0.15, 0.2) is 17.6 Å². The number of fused-ring (bicyclic) bond motifs is 1. The number of hydrogen-bond acceptors (Lipinski definition) is 5. The van der Waals surface area contributed by atoms with Gasteiger partial charge < -0.3 is 10.2 Å². The molecule has 4 nitrogen and oxygen atoms in total. The highest BCUT2D eigenvalue weighted by atomic mass is 32.1. The number of halogens is 1. The van der Waals surface area contributed by atoms with Gasteiger partial charge in [0, 0.05) is 18.5 Å². The van der Waals surface area contributed by atoms with Gasteiger partial charge in [-0.15, -0.1) is 11.3 Å². The molecule has 0 aromatic carbocycles. The summed E-state index contributed by atoms with van der Waals surface area (Å²) in [6, 6.07) is 2.26. The second-order valence-electron chi connectivity index (χ2n) is 4.53. The summed E-state index contributed by atoms with van der Waals surface area (Å²) >= 11 is 1.77. The van der Waals surface area contributed by atoms with Crippen molar-refractivity contribution in [3.05, 3.63) is 33.9 Å². The van der Waals surface area contributed by atoms with Crippen molar-refractivity contribution in [2.75, 3.05) is 23.8 Å². The Hall–Kier alpha value is -1.69. The topological polar surface area (TPSA) is 41.1 Å². The van der Waals surface area contributed by atoms with Crippen LogP contribution in [0.2, 0.25) is 0 Å². The van der Waals surface area contributed by atoms with Crippen LogP contribution in [0.4, 0.5) is 16.2 Å². The minimum absolute atomic E-state index is 0.143. The Balaban J connectivity index is 1.99. The van der Waals surface area contributed by atoms with Crippen LogP contribution < -0.4 is 10.2 Å². The Morgan fingerprint density at radius 2 is 2.37 bits per heavy atom. The smallest absolute Gasteiger partial charge is 0.224 e. The Morgan fingerprint density at radius 3 is 3.16 bits per heavy atom. The molecule has 1 atom stereocenters. The van der Waals surface area contributed by atoms with Crippen LogP contribution in [0.3, 0.4) is 0 Å². The fraction of sp³-hybridized carbons (Fsp3) is 0.385. The van der Waals surface area contributed by atoms with Gasteiger partial charge in [-0.2, -0.15) is 4.98 Å². The van der Waals surface area contributed by atoms with Gasteiger partial charge >= 0.3 is 0 Å². The van der Waals surface area contributed by atoms with Crippen molar-refractivity contribution in [2.24, 2.45) is 0 Å². The zero-order valence-electron chi connectivity index (χ0n) is 10.9. The molecule has 100 valence electrons. The minimum Gasteiger partial charge on any atom is -0.357 e. The van der Waals surface area contributed by atoms with Crippen molar-refractivity contribution < 1.29 is 4.39 Å². The number of nitrogens with one attached hydrogen (secondary N) is 1. The lowest BCUT2D eigenvalue weighted by atomic mass is 10.0. The van der Waals surface area contributed by atoms with Gasteiger partial charge in [0.15, 0.2) is 11.6 Å². The van der Waals surface area contributed by atoms with E-state index in [9.17, 15) is 4.39 Å². The predicted octanol–water partition coefficient (Wildman–Crippen LogP) is 2.84. The van der Waals surface area contributed by atoms with Gasteiger partial charge in [0.05, 0.1) is 12.2 Å². The number of hydrogen-bond donors (Lipinski definition) is 1. The molecule has 3 rings (SSSR count). The molecule has 0 aliphatic carbocycles. The summed E-state index contributed by atoms with van der Waals surface area (Å²) in [4.78, 5) is 11.5. The Kier molecular flexibility index (Phi) is 3.10. The summed E-state index contributed by atoms with van der Waals surface area (Å²) < 4.78 is 14.0. The number of aromatic nitrogens is 2. The van der Waals surface area contributed by atoms with Crippen molar-refractivity contribution >= 4 is 23.1 Å². The second kappa shape index (κ2) is 4.77. The van der Waals surface area contributed by atoms with Gasteiger partial charge in [0.25, 0.3) is 0 Å². The monoisotopic (exact) mass is 278 g/mol. The molecule has 2 aromatic rings. The van der Waals surface area contributed by atoms with Gasteiger partial charge in [0.2, 0.25) is 5.95 Å². The Morgan fingerprint density at radius 1 is 1.53 bits per heavy atom. The Bertz CT molecular complexity index is 598. The molecule has 1 N–H and O–H groups in total. The number of nitrogens with zero attached hydrogens (tertiary/aromatic N) is 3. The molecule has 0 amide bonds. The minimum atomic E-state index is -0.371. The van der Waals surface area contributed by atoms with E-state index < -0.39 is 0 Å². The fourth-order valence-corrected chi connectivity index (χ4v) is 3.44. The van der Waals surface area contributed by atoms with Crippen molar-refractivity contribution in [2.45, 2.75) is 19.4 Å². The van der Waals surface area contributed by atoms with Gasteiger partial charge in [0.1, 0.15) is 0 Å². The summed E-state index contributed by atoms with van der Waals surface area (Å²) in [5.74, 6) is 0.452. The van der Waals surface area contributed by atoms with Crippen LogP contribution in [-0.4, -0.2) is 23.6 Å². The summed E-state index contributed by atoms with van der Waals surface area (Å²) in [6.45, 7) is 2.87. The molecular formula is C13H15FN4S. The lowest BCUT2D eigenvalue weighted by Crippen LogP contribution is -2.34. The van der Waals surface area contributed by atoms with E-state index in [0.29, 0.717) is 11.8 Å². The molecule has 0 radical (unpaired) electrons. The van der Waals surface area contributed by atoms with Crippen molar-refractivity contribution in [3.63, 3.8) is 0 Å². The molecule has 2 aromatic heterocycles. The average molecular weight is 278 g/mol. The van der Waals surface area contributed by atoms with Gasteiger partial charge in [-0.05, 0) is 30.4 Å². The molecule has 0 saturated heterocycles. The van der Waals surface area contributed by atoms with E-state index in [4.69, 9.17) is 0 Å². The maximum absolute atomic E-state index is 14.0. The molecule has 0 saturated carbocycles. The molecule has 0 bridgehead atoms. The van der Waals surface area contributed by atoms with Crippen LogP contribution in [0, 0.1) is 5.82 Å². The van der Waals surface area contributed by atoms with Crippen LogP contribution in [0.25, 0.3) is 0 Å². The third-order valence-electron chi connectivity index (χ3n) is 3.50. The average Bonchev–Trinajstić information content (AvgIpc) is 2.90. The van der Waals surface area contributed by atoms with Crippen molar-refractivity contribution in [1.29, 1.82) is 0 Å². The normalized spacial score (nSPS) is 18.3. The largest absolute Gasteiger partial charge is 0.357 e. The van der Waals surface area contributed by atoms with E-state index in [1.807, 2.05) is 4.90 Å². The summed E-state index contributed by atoms with van der Waals surface area (Å²) in [5.41, 5.74) is 1.28. The van der Waals surface area contributed by atoms with Crippen LogP contribution in [0.5, 0.6) is 0 Å². The molecule has 1 aliphatic heterocycles. The SMILES string of the molecule is CNc1ncc(F)c(N2CCc3sccc3C2C)n1. The van der Waals surface area contributed by atoms with E-state index >= 15 is 0 Å². The summed E-state index contributed by atoms with van der Waals surface area (Å²) in [5, 5.41) is 4.95. The van der Waals surface area contributed by atoms with Crippen LogP contribution in [-0.2, 0) is 6.42 Å². The van der Waals surface area contributed by atoms with Crippen molar-refractivity contribution in [1.82, 2.24) is 9.97 Å².